The van der Waals surface area contributed by atoms with Crippen LogP contribution in [-0.2, 0) is 16.4 Å². The van der Waals surface area contributed by atoms with Gasteiger partial charge in [-0.1, -0.05) is 12.1 Å². The van der Waals surface area contributed by atoms with Crippen LogP contribution < -0.4 is 15.0 Å². The van der Waals surface area contributed by atoms with Crippen LogP contribution in [0.1, 0.15) is 36.6 Å². The van der Waals surface area contributed by atoms with Crippen molar-refractivity contribution in [3.05, 3.63) is 71.4 Å². The van der Waals surface area contributed by atoms with E-state index in [0.717, 1.165) is 30.8 Å². The molecule has 5 rings (SSSR count). The molecule has 0 aliphatic carbocycles. The lowest BCUT2D eigenvalue weighted by Crippen LogP contribution is -2.62. The summed E-state index contributed by atoms with van der Waals surface area (Å²) in [4.78, 5) is 17.8. The fourth-order valence-corrected chi connectivity index (χ4v) is 5.61. The van der Waals surface area contributed by atoms with Crippen molar-refractivity contribution in [2.45, 2.75) is 37.4 Å². The number of hydrogen-bond acceptors (Lipinski definition) is 7. The van der Waals surface area contributed by atoms with E-state index in [1.54, 1.807) is 0 Å². The number of carbonyl (C=O) groups excluding carboxylic acids is 1. The third-order valence-corrected chi connectivity index (χ3v) is 7.85. The van der Waals surface area contributed by atoms with E-state index in [9.17, 15) is 23.2 Å². The molecule has 2 aromatic carbocycles. The minimum atomic E-state index is -4.54. The Morgan fingerprint density at radius 2 is 1.85 bits per heavy atom. The molecule has 214 valence electrons. The van der Waals surface area contributed by atoms with Gasteiger partial charge in [0.1, 0.15) is 11.8 Å². The van der Waals surface area contributed by atoms with Crippen molar-refractivity contribution in [2.24, 2.45) is 0 Å². The van der Waals surface area contributed by atoms with Gasteiger partial charge in [-0.15, -0.1) is 0 Å². The molecule has 0 radical (unpaired) electrons. The summed E-state index contributed by atoms with van der Waals surface area (Å²) in [6.45, 7) is 4.63. The lowest BCUT2D eigenvalue weighted by Gasteiger charge is -2.44. The molecule has 0 atom stereocenters. The summed E-state index contributed by atoms with van der Waals surface area (Å²) in [7, 11) is 1.98. The SMILES string of the molecule is CCOc1ccccc1-c1ccc(C2(C(=O)NC3CN(C)C3)CCN(c3ccc(C(F)(F)F)cc3C#N)CC2)nn1. The third-order valence-electron chi connectivity index (χ3n) is 7.85. The summed E-state index contributed by atoms with van der Waals surface area (Å²) in [5, 5.41) is 21.8. The zero-order valence-electron chi connectivity index (χ0n) is 22.9. The average Bonchev–Trinajstić information content (AvgIpc) is 2.96. The molecule has 0 unspecified atom stereocenters. The number of alkyl halides is 3. The summed E-state index contributed by atoms with van der Waals surface area (Å²) < 4.78 is 45.4. The number of nitrogens with one attached hydrogen (secondary N) is 1. The summed E-state index contributed by atoms with van der Waals surface area (Å²) in [6.07, 6.45) is -3.82. The molecule has 0 spiro atoms. The van der Waals surface area contributed by atoms with Crippen LogP contribution in [0.3, 0.4) is 0 Å². The predicted octanol–water partition coefficient (Wildman–Crippen LogP) is 4.40. The first-order chi connectivity index (χ1) is 19.6. The minimum Gasteiger partial charge on any atom is -0.493 e. The Kier molecular flexibility index (Phi) is 7.87. The van der Waals surface area contributed by atoms with Crippen molar-refractivity contribution in [1.82, 2.24) is 20.4 Å². The number of likely N-dealkylation sites (tertiary alicyclic amines) is 1. The smallest absolute Gasteiger partial charge is 0.416 e. The summed E-state index contributed by atoms with van der Waals surface area (Å²) in [5.74, 6) is 0.552. The molecule has 41 heavy (non-hydrogen) atoms. The molecule has 0 bridgehead atoms. The Hall–Kier alpha value is -4.17. The number of nitrogens with zero attached hydrogens (tertiary/aromatic N) is 5. The molecule has 1 N–H and O–H groups in total. The molecule has 8 nitrogen and oxygen atoms in total. The van der Waals surface area contributed by atoms with Crippen LogP contribution in [0.25, 0.3) is 11.3 Å². The highest BCUT2D eigenvalue weighted by molar-refractivity contribution is 5.88. The number of benzene rings is 2. The molecular weight excluding hydrogens is 533 g/mol. The zero-order chi connectivity index (χ0) is 29.2. The summed E-state index contributed by atoms with van der Waals surface area (Å²) >= 11 is 0. The van der Waals surface area contributed by atoms with Gasteiger partial charge >= 0.3 is 6.18 Å². The van der Waals surface area contributed by atoms with Gasteiger partial charge in [0.2, 0.25) is 5.91 Å². The number of aromatic nitrogens is 2. The monoisotopic (exact) mass is 564 g/mol. The molecule has 2 aliphatic heterocycles. The number of hydrogen-bond donors (Lipinski definition) is 1. The topological polar surface area (TPSA) is 94.4 Å². The van der Waals surface area contributed by atoms with Gasteiger partial charge < -0.3 is 19.9 Å². The van der Waals surface area contributed by atoms with E-state index < -0.39 is 17.2 Å². The van der Waals surface area contributed by atoms with Crippen LogP contribution in [0.5, 0.6) is 5.75 Å². The molecule has 11 heteroatoms. The van der Waals surface area contributed by atoms with Crippen LogP contribution >= 0.6 is 0 Å². The Morgan fingerprint density at radius 3 is 2.46 bits per heavy atom. The number of ether oxygens (including phenoxy) is 1. The maximum atomic E-state index is 13.8. The maximum Gasteiger partial charge on any atom is 0.416 e. The van der Waals surface area contributed by atoms with E-state index in [-0.39, 0.29) is 17.5 Å². The number of carbonyl (C=O) groups is 1. The molecule has 1 amide bonds. The van der Waals surface area contributed by atoms with Crippen LogP contribution in [0, 0.1) is 11.3 Å². The molecule has 2 aliphatic rings. The van der Waals surface area contributed by atoms with Crippen molar-refractivity contribution in [3.63, 3.8) is 0 Å². The first-order valence-corrected chi connectivity index (χ1v) is 13.6. The molecule has 3 aromatic rings. The second-order valence-corrected chi connectivity index (χ2v) is 10.5. The lowest BCUT2D eigenvalue weighted by atomic mass is 9.74. The molecule has 2 saturated heterocycles. The second kappa shape index (κ2) is 11.4. The minimum absolute atomic E-state index is 0.0350. The number of para-hydroxylation sites is 1. The van der Waals surface area contributed by atoms with Gasteiger partial charge in [0.05, 0.1) is 46.3 Å². The Bertz CT molecular complexity index is 1440. The first kappa shape index (κ1) is 28.4. The van der Waals surface area contributed by atoms with Crippen LogP contribution in [0.4, 0.5) is 18.9 Å². The van der Waals surface area contributed by atoms with Gasteiger partial charge in [0, 0.05) is 31.7 Å². The van der Waals surface area contributed by atoms with Crippen molar-refractivity contribution in [1.29, 1.82) is 5.26 Å². The van der Waals surface area contributed by atoms with E-state index in [1.807, 2.05) is 61.3 Å². The van der Waals surface area contributed by atoms with Gasteiger partial charge in [0.15, 0.2) is 0 Å². The van der Waals surface area contributed by atoms with E-state index in [2.05, 4.69) is 20.4 Å². The fourth-order valence-electron chi connectivity index (χ4n) is 5.61. The summed E-state index contributed by atoms with van der Waals surface area (Å²) in [6, 6.07) is 16.3. The lowest BCUT2D eigenvalue weighted by molar-refractivity contribution is -0.137. The number of piperidine rings is 1. The number of anilines is 1. The first-order valence-electron chi connectivity index (χ1n) is 13.6. The van der Waals surface area contributed by atoms with Crippen LogP contribution in [0.15, 0.2) is 54.6 Å². The Morgan fingerprint density at radius 1 is 1.12 bits per heavy atom. The van der Waals surface area contributed by atoms with Crippen LogP contribution in [0.2, 0.25) is 0 Å². The summed E-state index contributed by atoms with van der Waals surface area (Å²) in [5.41, 5.74) is 0.480. The van der Waals surface area contributed by atoms with Gasteiger partial charge in [-0.2, -0.15) is 28.6 Å². The normalized spacial score (nSPS) is 17.4. The van der Waals surface area contributed by atoms with Gasteiger partial charge in [-0.05, 0) is 69.3 Å². The number of likely N-dealkylation sites (N-methyl/N-ethyl adjacent to an activating group) is 1. The average molecular weight is 565 g/mol. The molecule has 0 saturated carbocycles. The largest absolute Gasteiger partial charge is 0.493 e. The molecular formula is C30H31F3N6O2. The van der Waals surface area contributed by atoms with Crippen molar-refractivity contribution >= 4 is 11.6 Å². The van der Waals surface area contributed by atoms with E-state index >= 15 is 0 Å². The van der Waals surface area contributed by atoms with Crippen LogP contribution in [-0.4, -0.2) is 66.9 Å². The highest BCUT2D eigenvalue weighted by Gasteiger charge is 2.46. The molecule has 1 aromatic heterocycles. The highest BCUT2D eigenvalue weighted by Crippen LogP contribution is 2.39. The van der Waals surface area contributed by atoms with Crippen molar-refractivity contribution < 1.29 is 22.7 Å². The van der Waals surface area contributed by atoms with Crippen molar-refractivity contribution in [3.8, 4) is 23.1 Å². The maximum absolute atomic E-state index is 13.8. The van der Waals surface area contributed by atoms with Gasteiger partial charge in [-0.25, -0.2) is 0 Å². The third kappa shape index (κ3) is 5.70. The number of amides is 1. The van der Waals surface area contributed by atoms with E-state index in [4.69, 9.17) is 4.74 Å². The number of nitriles is 1. The Balaban J connectivity index is 1.43. The van der Waals surface area contributed by atoms with Gasteiger partial charge in [0.25, 0.3) is 0 Å². The second-order valence-electron chi connectivity index (χ2n) is 10.5. The number of halogens is 3. The Labute approximate surface area is 236 Å². The molecule has 3 heterocycles. The predicted molar refractivity (Wildman–Crippen MR) is 147 cm³/mol. The van der Waals surface area contributed by atoms with Gasteiger partial charge in [-0.3, -0.25) is 4.79 Å². The van der Waals surface area contributed by atoms with E-state index in [1.165, 1.54) is 6.07 Å². The number of rotatable bonds is 7. The molecule has 2 fully saturated rings. The van der Waals surface area contributed by atoms with E-state index in [0.29, 0.717) is 55.4 Å². The zero-order valence-corrected chi connectivity index (χ0v) is 22.9. The quantitative estimate of drug-likeness (QED) is 0.455. The fraction of sp³-hybridized carbons (Fsp3) is 0.400. The highest BCUT2D eigenvalue weighted by atomic mass is 19.4. The van der Waals surface area contributed by atoms with Crippen molar-refractivity contribution in [2.75, 3.05) is 44.7 Å². The standard InChI is InChI=1S/C30H31F3N6O2/c1-3-41-26-7-5-4-6-23(26)24-9-11-27(37-36-24)29(28(40)35-22-18-38(2)19-22)12-14-39(15-13-29)25-10-8-21(30(31,32)33)16-20(25)17-34/h4-11,16,22H,3,12-15,18-19H2,1-2H3,(H,35,40).